The molecular formula is C32H35N3O3. The molecule has 5 rings (SSSR count). The summed E-state index contributed by atoms with van der Waals surface area (Å²) in [6.07, 6.45) is 0. The number of hydrogen-bond acceptors (Lipinski definition) is 6. The number of nitrogens with one attached hydrogen (secondary N) is 1. The van der Waals surface area contributed by atoms with Gasteiger partial charge in [-0.1, -0.05) is 66.7 Å². The zero-order valence-electron chi connectivity index (χ0n) is 22.2. The maximum absolute atomic E-state index is 14.2. The van der Waals surface area contributed by atoms with E-state index in [1.807, 2.05) is 104 Å². The number of Topliss-reactive ketones (excluding diaryl/α,β-unsaturated/α-hetero) is 1. The lowest BCUT2D eigenvalue weighted by atomic mass is 9.83. The van der Waals surface area contributed by atoms with Crippen LogP contribution in [0.4, 0.5) is 0 Å². The number of fused-ring (bicyclic) bond motifs is 1. The minimum Gasteiger partial charge on any atom is -0.488 e. The van der Waals surface area contributed by atoms with Gasteiger partial charge in [0.15, 0.2) is 11.5 Å². The lowest BCUT2D eigenvalue weighted by Gasteiger charge is -2.45. The number of hydrogen-bond donors (Lipinski definition) is 2. The maximum Gasteiger partial charge on any atom is 0.163 e. The topological polar surface area (TPSA) is 74.7 Å². The number of piperazine rings is 1. The molecule has 6 nitrogen and oxygen atoms in total. The predicted molar refractivity (Wildman–Crippen MR) is 150 cm³/mol. The Kier molecular flexibility index (Phi) is 7.56. The van der Waals surface area contributed by atoms with E-state index in [1.165, 1.54) is 0 Å². The summed E-state index contributed by atoms with van der Waals surface area (Å²) in [5.41, 5.74) is 3.41. The molecule has 0 radical (unpaired) electrons. The molecule has 2 unspecified atom stereocenters. The third-order valence-electron chi connectivity index (χ3n) is 7.36. The Balaban J connectivity index is 1.42. The molecule has 1 aliphatic heterocycles. The van der Waals surface area contributed by atoms with Crippen LogP contribution in [0.1, 0.15) is 35.2 Å². The van der Waals surface area contributed by atoms with Crippen molar-refractivity contribution in [2.75, 3.05) is 26.2 Å². The van der Waals surface area contributed by atoms with Crippen molar-refractivity contribution in [3.8, 4) is 5.75 Å². The molecular weight excluding hydrogens is 474 g/mol. The van der Waals surface area contributed by atoms with Crippen LogP contribution in [0.15, 0.2) is 84.9 Å². The first-order valence-corrected chi connectivity index (χ1v) is 13.2. The highest BCUT2D eigenvalue weighted by molar-refractivity contribution is 5.94. The SMILES string of the molecule is Cc1cc(C)c2c(OCC(C)(O)N3CCNCC3C(=O)C(c3ccccc3)c3ccccc3)cccc2n1. The first-order valence-electron chi connectivity index (χ1n) is 13.2. The van der Waals surface area contributed by atoms with Crippen molar-refractivity contribution in [2.24, 2.45) is 0 Å². The van der Waals surface area contributed by atoms with Crippen molar-refractivity contribution in [1.82, 2.24) is 15.2 Å². The van der Waals surface area contributed by atoms with Gasteiger partial charge in [0.05, 0.1) is 17.5 Å². The number of pyridine rings is 1. The highest BCUT2D eigenvalue weighted by atomic mass is 16.5. The van der Waals surface area contributed by atoms with Crippen LogP contribution >= 0.6 is 0 Å². The number of aliphatic hydroxyl groups is 1. The predicted octanol–water partition coefficient (Wildman–Crippen LogP) is 4.61. The van der Waals surface area contributed by atoms with Gasteiger partial charge in [-0.05, 0) is 55.7 Å². The Labute approximate surface area is 224 Å². The number of ketones is 1. The van der Waals surface area contributed by atoms with Gasteiger partial charge in [-0.2, -0.15) is 0 Å². The molecule has 0 amide bonds. The molecule has 1 saturated heterocycles. The Hall–Kier alpha value is -3.58. The van der Waals surface area contributed by atoms with Crippen molar-refractivity contribution in [3.63, 3.8) is 0 Å². The second-order valence-corrected chi connectivity index (χ2v) is 10.3. The van der Waals surface area contributed by atoms with Crippen LogP contribution in [-0.2, 0) is 4.79 Å². The van der Waals surface area contributed by atoms with Crippen LogP contribution in [-0.4, -0.2) is 58.8 Å². The summed E-state index contributed by atoms with van der Waals surface area (Å²) in [5.74, 6) is 0.296. The van der Waals surface area contributed by atoms with Gasteiger partial charge in [0.1, 0.15) is 12.4 Å². The molecule has 0 saturated carbocycles. The van der Waals surface area contributed by atoms with Gasteiger partial charge in [0.25, 0.3) is 0 Å². The molecule has 1 aromatic heterocycles. The van der Waals surface area contributed by atoms with E-state index in [0.29, 0.717) is 25.4 Å². The number of carbonyl (C=O) groups excluding carboxylic acids is 1. The van der Waals surface area contributed by atoms with E-state index in [-0.39, 0.29) is 12.4 Å². The molecule has 2 atom stereocenters. The van der Waals surface area contributed by atoms with E-state index in [2.05, 4.69) is 10.3 Å². The van der Waals surface area contributed by atoms with Gasteiger partial charge in [0.2, 0.25) is 0 Å². The van der Waals surface area contributed by atoms with Crippen LogP contribution < -0.4 is 10.1 Å². The number of aromatic nitrogens is 1. The molecule has 196 valence electrons. The summed E-state index contributed by atoms with van der Waals surface area (Å²) in [6.45, 7) is 7.44. The first kappa shape index (κ1) is 26.0. The average Bonchev–Trinajstić information content (AvgIpc) is 2.93. The highest BCUT2D eigenvalue weighted by Gasteiger charge is 2.43. The van der Waals surface area contributed by atoms with E-state index in [9.17, 15) is 9.90 Å². The molecule has 3 aromatic carbocycles. The molecule has 2 N–H and O–H groups in total. The summed E-state index contributed by atoms with van der Waals surface area (Å²) in [6, 6.07) is 27.0. The zero-order valence-corrected chi connectivity index (χ0v) is 22.2. The molecule has 1 aliphatic rings. The molecule has 1 fully saturated rings. The third kappa shape index (κ3) is 5.34. The number of rotatable bonds is 8. The Morgan fingerprint density at radius 3 is 2.37 bits per heavy atom. The average molecular weight is 510 g/mol. The summed E-state index contributed by atoms with van der Waals surface area (Å²) >= 11 is 0. The number of carbonyl (C=O) groups is 1. The highest BCUT2D eigenvalue weighted by Crippen LogP contribution is 2.32. The summed E-state index contributed by atoms with van der Waals surface area (Å²) < 4.78 is 6.25. The molecule has 2 heterocycles. The second kappa shape index (κ2) is 11.0. The van der Waals surface area contributed by atoms with Crippen LogP contribution in [0.5, 0.6) is 5.75 Å². The summed E-state index contributed by atoms with van der Waals surface area (Å²) in [5, 5.41) is 16.0. The van der Waals surface area contributed by atoms with Gasteiger partial charge in [-0.15, -0.1) is 0 Å². The molecule has 38 heavy (non-hydrogen) atoms. The van der Waals surface area contributed by atoms with E-state index in [0.717, 1.165) is 33.3 Å². The van der Waals surface area contributed by atoms with Gasteiger partial charge in [-0.3, -0.25) is 14.7 Å². The monoisotopic (exact) mass is 509 g/mol. The first-order chi connectivity index (χ1) is 18.3. The third-order valence-corrected chi connectivity index (χ3v) is 7.36. The summed E-state index contributed by atoms with van der Waals surface area (Å²) in [7, 11) is 0. The number of nitrogens with zero attached hydrogens (tertiary/aromatic N) is 2. The summed E-state index contributed by atoms with van der Waals surface area (Å²) in [4.78, 5) is 20.8. The van der Waals surface area contributed by atoms with E-state index in [4.69, 9.17) is 4.74 Å². The fourth-order valence-corrected chi connectivity index (χ4v) is 5.57. The number of benzene rings is 3. The van der Waals surface area contributed by atoms with Crippen LogP contribution in [0.25, 0.3) is 10.9 Å². The number of aryl methyl sites for hydroxylation is 2. The maximum atomic E-state index is 14.2. The van der Waals surface area contributed by atoms with E-state index >= 15 is 0 Å². The number of ether oxygens (including phenoxy) is 1. The van der Waals surface area contributed by atoms with Crippen molar-refractivity contribution >= 4 is 16.7 Å². The van der Waals surface area contributed by atoms with Gasteiger partial charge >= 0.3 is 0 Å². The van der Waals surface area contributed by atoms with Crippen LogP contribution in [0.2, 0.25) is 0 Å². The molecule has 4 aromatic rings. The van der Waals surface area contributed by atoms with Crippen molar-refractivity contribution in [2.45, 2.75) is 38.5 Å². The normalized spacial score (nSPS) is 17.9. The van der Waals surface area contributed by atoms with Crippen LogP contribution in [0.3, 0.4) is 0 Å². The van der Waals surface area contributed by atoms with E-state index < -0.39 is 17.7 Å². The minimum atomic E-state index is -1.37. The smallest absolute Gasteiger partial charge is 0.163 e. The molecule has 0 aliphatic carbocycles. The Morgan fingerprint density at radius 2 is 1.71 bits per heavy atom. The van der Waals surface area contributed by atoms with E-state index in [1.54, 1.807) is 6.92 Å². The second-order valence-electron chi connectivity index (χ2n) is 10.3. The zero-order chi connectivity index (χ0) is 26.7. The van der Waals surface area contributed by atoms with Crippen molar-refractivity contribution < 1.29 is 14.6 Å². The largest absolute Gasteiger partial charge is 0.488 e. The standard InChI is InChI=1S/C32H35N3O3/c1-22-19-23(2)34-26-15-10-16-28(29(22)26)38-21-32(3,37)35-18-17-33-20-27(35)31(36)30(24-11-6-4-7-12-24)25-13-8-5-9-14-25/h4-16,19,27,30,33,37H,17-18,20-21H2,1-3H3. The molecule has 6 heteroatoms. The van der Waals surface area contributed by atoms with Gasteiger partial charge in [-0.25, -0.2) is 0 Å². The van der Waals surface area contributed by atoms with Crippen molar-refractivity contribution in [3.05, 3.63) is 107 Å². The minimum absolute atomic E-state index is 0.0184. The van der Waals surface area contributed by atoms with Crippen LogP contribution in [0, 0.1) is 13.8 Å². The fourth-order valence-electron chi connectivity index (χ4n) is 5.57. The fraction of sp³-hybridized carbons (Fsp3) is 0.312. The van der Waals surface area contributed by atoms with Gasteiger partial charge in [0, 0.05) is 30.7 Å². The lowest BCUT2D eigenvalue weighted by molar-refractivity contribution is -0.157. The Morgan fingerprint density at radius 1 is 1.05 bits per heavy atom. The Bertz CT molecular complexity index is 1370. The molecule has 0 bridgehead atoms. The lowest BCUT2D eigenvalue weighted by Crippen LogP contribution is -2.65. The van der Waals surface area contributed by atoms with Crippen molar-refractivity contribution in [1.29, 1.82) is 0 Å². The van der Waals surface area contributed by atoms with Gasteiger partial charge < -0.3 is 15.2 Å². The molecule has 0 spiro atoms. The quantitative estimate of drug-likeness (QED) is 0.361.